The summed E-state index contributed by atoms with van der Waals surface area (Å²) in [6, 6.07) is 8.35. The summed E-state index contributed by atoms with van der Waals surface area (Å²) in [5.41, 5.74) is 6.60. The summed E-state index contributed by atoms with van der Waals surface area (Å²) in [5, 5.41) is 10.3. The second kappa shape index (κ2) is 9.57. The van der Waals surface area contributed by atoms with Crippen LogP contribution in [0.4, 0.5) is 19.1 Å². The second-order valence-corrected chi connectivity index (χ2v) is 8.84. The van der Waals surface area contributed by atoms with Crippen molar-refractivity contribution < 1.29 is 23.0 Å². The Morgan fingerprint density at radius 2 is 1.75 bits per heavy atom. The molecule has 0 spiro atoms. The first-order valence-corrected chi connectivity index (χ1v) is 11.0. The van der Waals surface area contributed by atoms with E-state index >= 15 is 0 Å². The van der Waals surface area contributed by atoms with Gasteiger partial charge in [-0.2, -0.15) is 4.98 Å². The van der Waals surface area contributed by atoms with Crippen molar-refractivity contribution in [2.45, 2.75) is 39.4 Å². The van der Waals surface area contributed by atoms with Gasteiger partial charge in [-0.05, 0) is 62.7 Å². The highest BCUT2D eigenvalue weighted by Crippen LogP contribution is 2.39. The van der Waals surface area contributed by atoms with Gasteiger partial charge in [0.1, 0.15) is 29.5 Å². The van der Waals surface area contributed by atoms with E-state index in [1.54, 1.807) is 44.6 Å². The molecule has 4 aromatic rings. The average molecular weight is 499 g/mol. The molecule has 0 bridgehead atoms. The summed E-state index contributed by atoms with van der Waals surface area (Å²) in [4.78, 5) is 16.9. The molecule has 0 aliphatic rings. The number of ether oxygens (including phenoxy) is 1. The smallest absolute Gasteiger partial charge is 0.280 e. The Balaban J connectivity index is 1.86. The van der Waals surface area contributed by atoms with Gasteiger partial charge in [-0.3, -0.25) is 4.98 Å². The number of aliphatic hydroxyl groups is 1. The van der Waals surface area contributed by atoms with Gasteiger partial charge in [0.2, 0.25) is 11.8 Å². The lowest BCUT2D eigenvalue weighted by Crippen LogP contribution is -2.16. The lowest BCUT2D eigenvalue weighted by molar-refractivity contribution is 0.0740. The Morgan fingerprint density at radius 1 is 1.06 bits per heavy atom. The number of nitrogens with zero attached hydrogens (tertiary/aromatic N) is 5. The standard InChI is InChI=1S/C25H25F3N6O2/c1-13-9-15(10-17(30-13)22(27)28)20-21(14-5-7-16(26)8-6-14)32-24(29)33-23(20)36-12-19-31-18(11-34(19)4)25(2,3)35/h5-11,22,35H,12H2,1-4H3,(H2,29,32,33). The minimum absolute atomic E-state index is 0.0282. The van der Waals surface area contributed by atoms with Crippen LogP contribution in [0.5, 0.6) is 5.88 Å². The predicted molar refractivity (Wildman–Crippen MR) is 128 cm³/mol. The van der Waals surface area contributed by atoms with Crippen LogP contribution in [0, 0.1) is 12.7 Å². The number of pyridine rings is 1. The van der Waals surface area contributed by atoms with Gasteiger partial charge in [0, 0.05) is 24.5 Å². The lowest BCUT2D eigenvalue weighted by atomic mass is 9.99. The van der Waals surface area contributed by atoms with Crippen molar-refractivity contribution in [3.05, 3.63) is 71.3 Å². The van der Waals surface area contributed by atoms with Crippen molar-refractivity contribution in [2.75, 3.05) is 5.73 Å². The van der Waals surface area contributed by atoms with Gasteiger partial charge in [-0.15, -0.1) is 0 Å². The third-order valence-electron chi connectivity index (χ3n) is 5.43. The molecule has 8 nitrogen and oxygen atoms in total. The number of anilines is 1. The molecule has 11 heteroatoms. The third-order valence-corrected chi connectivity index (χ3v) is 5.43. The fourth-order valence-electron chi connectivity index (χ4n) is 3.65. The number of rotatable bonds is 7. The molecule has 0 amide bonds. The normalized spacial score (nSPS) is 11.8. The highest BCUT2D eigenvalue weighted by Gasteiger charge is 2.24. The molecule has 0 saturated heterocycles. The van der Waals surface area contributed by atoms with Crippen LogP contribution in [0.25, 0.3) is 22.4 Å². The number of hydrogen-bond donors (Lipinski definition) is 2. The maximum atomic E-state index is 13.6. The van der Waals surface area contributed by atoms with Gasteiger partial charge in [-0.25, -0.2) is 23.1 Å². The quantitative estimate of drug-likeness (QED) is 0.379. The molecule has 0 atom stereocenters. The molecular weight excluding hydrogens is 473 g/mol. The van der Waals surface area contributed by atoms with Crippen molar-refractivity contribution in [1.82, 2.24) is 24.5 Å². The van der Waals surface area contributed by atoms with Crippen LogP contribution < -0.4 is 10.5 Å². The fourth-order valence-corrected chi connectivity index (χ4v) is 3.65. The maximum absolute atomic E-state index is 13.6. The molecule has 0 saturated carbocycles. The Labute approximate surface area is 205 Å². The van der Waals surface area contributed by atoms with Gasteiger partial charge in [-0.1, -0.05) is 0 Å². The Hall–Kier alpha value is -3.99. The van der Waals surface area contributed by atoms with E-state index in [1.807, 2.05) is 0 Å². The summed E-state index contributed by atoms with van der Waals surface area (Å²) in [7, 11) is 1.75. The van der Waals surface area contributed by atoms with Crippen LogP contribution in [0.15, 0.2) is 42.6 Å². The number of imidazole rings is 1. The average Bonchev–Trinajstić information content (AvgIpc) is 3.18. The maximum Gasteiger partial charge on any atom is 0.280 e. The Bertz CT molecular complexity index is 1400. The number of benzene rings is 1. The Morgan fingerprint density at radius 3 is 2.36 bits per heavy atom. The molecule has 0 fully saturated rings. The number of nitrogens with two attached hydrogens (primary N) is 1. The van der Waals surface area contributed by atoms with Crippen LogP contribution in [0.3, 0.4) is 0 Å². The first-order chi connectivity index (χ1) is 16.9. The van der Waals surface area contributed by atoms with E-state index in [-0.39, 0.29) is 24.1 Å². The Kier molecular flexibility index (Phi) is 6.68. The molecule has 1 aromatic carbocycles. The van der Waals surface area contributed by atoms with Crippen molar-refractivity contribution in [3.63, 3.8) is 0 Å². The van der Waals surface area contributed by atoms with Gasteiger partial charge >= 0.3 is 0 Å². The number of halogens is 3. The largest absolute Gasteiger partial charge is 0.469 e. The van der Waals surface area contributed by atoms with Gasteiger partial charge in [0.25, 0.3) is 6.43 Å². The van der Waals surface area contributed by atoms with Gasteiger partial charge in [0.15, 0.2) is 0 Å². The van der Waals surface area contributed by atoms with Crippen molar-refractivity contribution in [1.29, 1.82) is 0 Å². The van der Waals surface area contributed by atoms with Crippen molar-refractivity contribution in [3.8, 4) is 28.3 Å². The molecule has 0 aliphatic heterocycles. The first-order valence-electron chi connectivity index (χ1n) is 11.0. The van der Waals surface area contributed by atoms with E-state index in [4.69, 9.17) is 10.5 Å². The molecule has 4 rings (SSSR count). The second-order valence-electron chi connectivity index (χ2n) is 8.84. The minimum Gasteiger partial charge on any atom is -0.469 e. The highest BCUT2D eigenvalue weighted by atomic mass is 19.3. The summed E-state index contributed by atoms with van der Waals surface area (Å²) in [6.45, 7) is 4.76. The van der Waals surface area contributed by atoms with Gasteiger partial charge in [0.05, 0.1) is 17.0 Å². The van der Waals surface area contributed by atoms with E-state index in [2.05, 4.69) is 19.9 Å². The van der Waals surface area contributed by atoms with Crippen molar-refractivity contribution >= 4 is 5.95 Å². The van der Waals surface area contributed by atoms with Crippen LogP contribution in [0.2, 0.25) is 0 Å². The molecular formula is C25H25F3N6O2. The summed E-state index contributed by atoms with van der Waals surface area (Å²) >= 11 is 0. The summed E-state index contributed by atoms with van der Waals surface area (Å²) in [5.74, 6) is -0.0564. The van der Waals surface area contributed by atoms with E-state index < -0.39 is 23.5 Å². The molecule has 36 heavy (non-hydrogen) atoms. The van der Waals surface area contributed by atoms with Gasteiger partial charge < -0.3 is 20.1 Å². The topological polar surface area (TPSA) is 112 Å². The molecule has 0 unspecified atom stereocenters. The SMILES string of the molecule is Cc1cc(-c2c(OCc3nc(C(C)(C)O)cn3C)nc(N)nc2-c2ccc(F)cc2)cc(C(F)F)n1. The fraction of sp³-hybridized carbons (Fsp3) is 0.280. The molecule has 3 N–H and O–H groups in total. The van der Waals surface area contributed by atoms with Crippen LogP contribution >= 0.6 is 0 Å². The number of hydrogen-bond acceptors (Lipinski definition) is 7. The monoisotopic (exact) mass is 498 g/mol. The van der Waals surface area contributed by atoms with E-state index in [0.29, 0.717) is 33.9 Å². The van der Waals surface area contributed by atoms with E-state index in [9.17, 15) is 18.3 Å². The molecule has 188 valence electrons. The van der Waals surface area contributed by atoms with E-state index in [0.717, 1.165) is 0 Å². The zero-order valence-electron chi connectivity index (χ0n) is 20.1. The van der Waals surface area contributed by atoms with Crippen molar-refractivity contribution in [2.24, 2.45) is 7.05 Å². The molecule has 3 aromatic heterocycles. The van der Waals surface area contributed by atoms with Crippen LogP contribution in [-0.2, 0) is 19.3 Å². The number of aryl methyl sites for hydroxylation is 2. The zero-order valence-corrected chi connectivity index (χ0v) is 20.1. The number of aromatic nitrogens is 5. The lowest BCUT2D eigenvalue weighted by Gasteiger charge is -2.16. The number of nitrogen functional groups attached to an aromatic ring is 1. The first kappa shape index (κ1) is 25.1. The summed E-state index contributed by atoms with van der Waals surface area (Å²) < 4.78 is 48.5. The predicted octanol–water partition coefficient (Wildman–Crippen LogP) is 4.71. The highest BCUT2D eigenvalue weighted by molar-refractivity contribution is 5.85. The minimum atomic E-state index is -2.80. The third kappa shape index (κ3) is 5.30. The van der Waals surface area contributed by atoms with Crippen LogP contribution in [0.1, 0.15) is 43.2 Å². The molecule has 3 heterocycles. The molecule has 0 aliphatic carbocycles. The molecule has 0 radical (unpaired) electrons. The van der Waals surface area contributed by atoms with E-state index in [1.165, 1.54) is 30.3 Å². The zero-order chi connectivity index (χ0) is 26.2. The summed E-state index contributed by atoms with van der Waals surface area (Å²) in [6.07, 6.45) is -1.12. The van der Waals surface area contributed by atoms with Crippen LogP contribution in [-0.4, -0.2) is 29.6 Å². The number of alkyl halides is 2.